The molecule has 1 aromatic carbocycles. The van der Waals surface area contributed by atoms with Gasteiger partial charge in [0.25, 0.3) is 5.56 Å². The molecule has 0 unspecified atom stereocenters. The van der Waals surface area contributed by atoms with Crippen LogP contribution in [0.1, 0.15) is 30.7 Å². The van der Waals surface area contributed by atoms with E-state index in [1.54, 1.807) is 6.20 Å². The summed E-state index contributed by atoms with van der Waals surface area (Å²) in [5, 5.41) is 11.0. The molecule has 1 aliphatic carbocycles. The normalized spacial score (nSPS) is 13.0. The molecule has 1 fully saturated rings. The zero-order valence-electron chi connectivity index (χ0n) is 17.2. The van der Waals surface area contributed by atoms with Crippen LogP contribution in [0.25, 0.3) is 11.4 Å². The average Bonchev–Trinajstić information content (AvgIpc) is 3.62. The van der Waals surface area contributed by atoms with Gasteiger partial charge in [-0.3, -0.25) is 14.6 Å². The Morgan fingerprint density at radius 2 is 2.03 bits per heavy atom. The molecule has 0 spiro atoms. The number of carbonyl (C=O) groups excluding carboxylic acids is 1. The quantitative estimate of drug-likeness (QED) is 0.522. The first-order valence-electron chi connectivity index (χ1n) is 10.5. The molecule has 0 radical (unpaired) electrons. The van der Waals surface area contributed by atoms with Crippen molar-refractivity contribution in [1.29, 1.82) is 0 Å². The van der Waals surface area contributed by atoms with Gasteiger partial charge in [0.15, 0.2) is 5.82 Å². The van der Waals surface area contributed by atoms with E-state index in [9.17, 15) is 9.59 Å². The summed E-state index contributed by atoms with van der Waals surface area (Å²) in [7, 11) is 0. The number of nitrogens with one attached hydrogen (secondary N) is 2. The van der Waals surface area contributed by atoms with E-state index in [4.69, 9.17) is 4.74 Å². The van der Waals surface area contributed by atoms with Crippen LogP contribution in [0.3, 0.4) is 0 Å². The van der Waals surface area contributed by atoms with Gasteiger partial charge in [-0.25, -0.2) is 0 Å². The number of aryl methyl sites for hydroxylation is 1. The molecule has 3 aromatic rings. The largest absolute Gasteiger partial charge is 0.493 e. The SMILES string of the molecule is O=C(CCc1nnc(-c2cccc(OCC3CC3)c2)[nH]c1=O)NCCc1ccccn1. The van der Waals surface area contributed by atoms with E-state index >= 15 is 0 Å². The van der Waals surface area contributed by atoms with Gasteiger partial charge in [-0.05, 0) is 43.0 Å². The molecule has 1 amide bonds. The van der Waals surface area contributed by atoms with Crippen LogP contribution in [0.5, 0.6) is 5.75 Å². The van der Waals surface area contributed by atoms with Crippen molar-refractivity contribution in [3.63, 3.8) is 0 Å². The highest BCUT2D eigenvalue weighted by atomic mass is 16.5. The molecule has 31 heavy (non-hydrogen) atoms. The molecule has 4 rings (SSSR count). The molecule has 0 saturated heterocycles. The molecule has 0 atom stereocenters. The number of pyridine rings is 1. The van der Waals surface area contributed by atoms with E-state index < -0.39 is 0 Å². The van der Waals surface area contributed by atoms with Gasteiger partial charge in [-0.2, -0.15) is 0 Å². The fourth-order valence-electron chi connectivity index (χ4n) is 3.08. The highest BCUT2D eigenvalue weighted by Gasteiger charge is 2.22. The first-order valence-corrected chi connectivity index (χ1v) is 10.5. The summed E-state index contributed by atoms with van der Waals surface area (Å²) in [6.45, 7) is 1.21. The lowest BCUT2D eigenvalue weighted by atomic mass is 10.2. The van der Waals surface area contributed by atoms with Crippen molar-refractivity contribution in [3.05, 3.63) is 70.4 Å². The summed E-state index contributed by atoms with van der Waals surface area (Å²) in [5.74, 6) is 1.65. The molecule has 2 N–H and O–H groups in total. The molecule has 8 heteroatoms. The van der Waals surface area contributed by atoms with Gasteiger partial charge in [0.2, 0.25) is 5.91 Å². The minimum Gasteiger partial charge on any atom is -0.493 e. The lowest BCUT2D eigenvalue weighted by molar-refractivity contribution is -0.121. The number of nitrogens with zero attached hydrogens (tertiary/aromatic N) is 3. The maximum absolute atomic E-state index is 12.4. The first kappa shape index (κ1) is 20.7. The van der Waals surface area contributed by atoms with Crippen molar-refractivity contribution in [3.8, 4) is 17.1 Å². The van der Waals surface area contributed by atoms with Gasteiger partial charge in [0, 0.05) is 43.3 Å². The van der Waals surface area contributed by atoms with Crippen LogP contribution in [0.2, 0.25) is 0 Å². The van der Waals surface area contributed by atoms with E-state index in [0.717, 1.165) is 17.0 Å². The highest BCUT2D eigenvalue weighted by molar-refractivity contribution is 5.76. The van der Waals surface area contributed by atoms with E-state index in [1.165, 1.54) is 12.8 Å². The van der Waals surface area contributed by atoms with Gasteiger partial charge in [-0.15, -0.1) is 10.2 Å². The number of amides is 1. The lowest BCUT2D eigenvalue weighted by Crippen LogP contribution is -2.27. The Kier molecular flexibility index (Phi) is 6.66. The van der Waals surface area contributed by atoms with Crippen molar-refractivity contribution < 1.29 is 9.53 Å². The zero-order chi connectivity index (χ0) is 21.5. The molecule has 0 aliphatic heterocycles. The maximum atomic E-state index is 12.4. The molecule has 2 aromatic heterocycles. The predicted molar refractivity (Wildman–Crippen MR) is 116 cm³/mol. The number of hydrogen-bond acceptors (Lipinski definition) is 6. The predicted octanol–water partition coefficient (Wildman–Crippen LogP) is 2.31. The average molecular weight is 419 g/mol. The minimum absolute atomic E-state index is 0.137. The third-order valence-corrected chi connectivity index (χ3v) is 5.07. The van der Waals surface area contributed by atoms with Crippen molar-refractivity contribution in [1.82, 2.24) is 25.5 Å². The molecule has 0 bridgehead atoms. The van der Waals surface area contributed by atoms with Crippen molar-refractivity contribution >= 4 is 5.91 Å². The number of ether oxygens (including phenoxy) is 1. The standard InChI is InChI=1S/C23H25N5O3/c29-21(25-13-11-18-5-1-2-12-24-18)10-9-20-23(30)26-22(28-27-20)17-4-3-6-19(14-17)31-15-16-7-8-16/h1-6,12,14,16H,7-11,13,15H2,(H,25,29)(H,26,28,30). The van der Waals surface area contributed by atoms with E-state index in [-0.39, 0.29) is 30.0 Å². The van der Waals surface area contributed by atoms with E-state index in [2.05, 4.69) is 25.5 Å². The first-order chi connectivity index (χ1) is 15.2. The zero-order valence-corrected chi connectivity index (χ0v) is 17.2. The summed E-state index contributed by atoms with van der Waals surface area (Å²) in [6, 6.07) is 13.1. The van der Waals surface area contributed by atoms with Crippen LogP contribution in [-0.2, 0) is 17.6 Å². The molecule has 160 valence electrons. The number of H-pyrrole nitrogens is 1. The fourth-order valence-corrected chi connectivity index (χ4v) is 3.08. The Hall–Kier alpha value is -3.55. The molecular weight excluding hydrogens is 394 g/mol. The molecular formula is C23H25N5O3. The van der Waals surface area contributed by atoms with Crippen molar-refractivity contribution in [2.24, 2.45) is 5.92 Å². The lowest BCUT2D eigenvalue weighted by Gasteiger charge is -2.07. The Balaban J connectivity index is 1.28. The molecule has 2 heterocycles. The number of aromatic nitrogens is 4. The number of rotatable bonds is 10. The van der Waals surface area contributed by atoms with E-state index in [1.807, 2.05) is 42.5 Å². The van der Waals surface area contributed by atoms with Crippen molar-refractivity contribution in [2.75, 3.05) is 13.2 Å². The van der Waals surface area contributed by atoms with Crippen LogP contribution >= 0.6 is 0 Å². The third-order valence-electron chi connectivity index (χ3n) is 5.07. The van der Waals surface area contributed by atoms with Crippen LogP contribution < -0.4 is 15.6 Å². The Labute approximate surface area is 180 Å². The van der Waals surface area contributed by atoms with Crippen LogP contribution in [0, 0.1) is 5.92 Å². The Morgan fingerprint density at radius 1 is 1.13 bits per heavy atom. The Morgan fingerprint density at radius 3 is 2.81 bits per heavy atom. The topological polar surface area (TPSA) is 110 Å². The summed E-state index contributed by atoms with van der Waals surface area (Å²) in [5.41, 5.74) is 1.56. The number of benzene rings is 1. The van der Waals surface area contributed by atoms with E-state index in [0.29, 0.717) is 31.3 Å². The van der Waals surface area contributed by atoms with Gasteiger partial charge in [0.1, 0.15) is 11.4 Å². The van der Waals surface area contributed by atoms with Crippen molar-refractivity contribution in [2.45, 2.75) is 32.1 Å². The second kappa shape index (κ2) is 9.97. The highest BCUT2D eigenvalue weighted by Crippen LogP contribution is 2.30. The summed E-state index contributed by atoms with van der Waals surface area (Å²) in [4.78, 5) is 31.4. The summed E-state index contributed by atoms with van der Waals surface area (Å²) in [6.07, 6.45) is 5.23. The fraction of sp³-hybridized carbons (Fsp3) is 0.348. The Bertz CT molecular complexity index is 1080. The monoisotopic (exact) mass is 419 g/mol. The molecule has 1 saturated carbocycles. The van der Waals surface area contributed by atoms with Gasteiger partial charge in [-0.1, -0.05) is 18.2 Å². The van der Waals surface area contributed by atoms with Crippen LogP contribution in [0.4, 0.5) is 0 Å². The molecule has 8 nitrogen and oxygen atoms in total. The summed E-state index contributed by atoms with van der Waals surface area (Å²) < 4.78 is 5.78. The smallest absolute Gasteiger partial charge is 0.273 e. The second-order valence-corrected chi connectivity index (χ2v) is 7.65. The third kappa shape index (κ3) is 6.21. The number of carbonyl (C=O) groups is 1. The van der Waals surface area contributed by atoms with Gasteiger partial charge in [0.05, 0.1) is 6.61 Å². The minimum atomic E-state index is -0.337. The van der Waals surface area contributed by atoms with Gasteiger partial charge < -0.3 is 15.0 Å². The molecule has 1 aliphatic rings. The number of aromatic amines is 1. The van der Waals surface area contributed by atoms with Gasteiger partial charge >= 0.3 is 0 Å². The summed E-state index contributed by atoms with van der Waals surface area (Å²) >= 11 is 0. The van der Waals surface area contributed by atoms with Crippen LogP contribution in [0.15, 0.2) is 53.5 Å². The maximum Gasteiger partial charge on any atom is 0.273 e. The second-order valence-electron chi connectivity index (χ2n) is 7.65. The number of hydrogen-bond donors (Lipinski definition) is 2. The van der Waals surface area contributed by atoms with Crippen LogP contribution in [-0.4, -0.2) is 39.2 Å².